The molecule has 4 heteroatoms. The molecule has 0 radical (unpaired) electrons. The molecule has 4 unspecified atom stereocenters. The first-order valence-electron chi connectivity index (χ1n) is 6.75. The van der Waals surface area contributed by atoms with Gasteiger partial charge in [0.25, 0.3) is 0 Å². The van der Waals surface area contributed by atoms with Crippen LogP contribution in [0.4, 0.5) is 0 Å². The average Bonchev–Trinajstić information content (AvgIpc) is 2.79. The molecule has 0 bridgehead atoms. The van der Waals surface area contributed by atoms with Crippen LogP contribution in [0.5, 0.6) is 0 Å². The number of fused-ring (bicyclic) bond motifs is 1. The number of rotatable bonds is 3. The van der Waals surface area contributed by atoms with E-state index in [1.807, 2.05) is 6.07 Å². The maximum absolute atomic E-state index is 6.00. The van der Waals surface area contributed by atoms with Crippen LogP contribution in [-0.4, -0.2) is 18.3 Å². The fourth-order valence-corrected chi connectivity index (χ4v) is 3.00. The average molecular weight is 247 g/mol. The summed E-state index contributed by atoms with van der Waals surface area (Å²) >= 11 is 0. The van der Waals surface area contributed by atoms with Crippen molar-refractivity contribution in [1.82, 2.24) is 10.9 Å². The van der Waals surface area contributed by atoms with Crippen molar-refractivity contribution in [3.05, 3.63) is 35.9 Å². The van der Waals surface area contributed by atoms with Gasteiger partial charge in [-0.15, -0.1) is 0 Å². The summed E-state index contributed by atoms with van der Waals surface area (Å²) in [5.41, 5.74) is 13.6. The van der Waals surface area contributed by atoms with Crippen molar-refractivity contribution in [2.75, 3.05) is 0 Å². The number of hydrazine groups is 1. The zero-order valence-corrected chi connectivity index (χ0v) is 10.5. The fourth-order valence-electron chi connectivity index (χ4n) is 3.00. The summed E-state index contributed by atoms with van der Waals surface area (Å²) in [6, 6.07) is 10.8. The van der Waals surface area contributed by atoms with Gasteiger partial charge in [0.2, 0.25) is 0 Å². The molecule has 98 valence electrons. The molecular weight excluding hydrogens is 226 g/mol. The summed E-state index contributed by atoms with van der Waals surface area (Å²) in [7, 11) is 0. The summed E-state index contributed by atoms with van der Waals surface area (Å²) in [4.78, 5) is 0. The third-order valence-electron chi connectivity index (χ3n) is 4.08. The minimum Gasteiger partial charge on any atom is -0.373 e. The van der Waals surface area contributed by atoms with Crippen molar-refractivity contribution >= 4 is 0 Å². The van der Waals surface area contributed by atoms with Crippen molar-refractivity contribution in [2.24, 2.45) is 11.7 Å². The molecule has 3 rings (SSSR count). The smallest absolute Gasteiger partial charge is 0.0723 e. The van der Waals surface area contributed by atoms with Crippen LogP contribution in [0, 0.1) is 5.92 Å². The van der Waals surface area contributed by atoms with Crippen LogP contribution in [0.1, 0.15) is 24.8 Å². The predicted octanol–water partition coefficient (Wildman–Crippen LogP) is 1.13. The first-order chi connectivity index (χ1) is 8.83. The van der Waals surface area contributed by atoms with E-state index in [1.165, 1.54) is 5.56 Å². The minimum absolute atomic E-state index is 0.102. The van der Waals surface area contributed by atoms with Crippen LogP contribution in [0.25, 0.3) is 0 Å². The van der Waals surface area contributed by atoms with E-state index in [1.54, 1.807) is 0 Å². The van der Waals surface area contributed by atoms with Gasteiger partial charge in [0, 0.05) is 12.0 Å². The van der Waals surface area contributed by atoms with Crippen molar-refractivity contribution < 1.29 is 4.74 Å². The van der Waals surface area contributed by atoms with Gasteiger partial charge in [-0.2, -0.15) is 0 Å². The minimum atomic E-state index is 0.102. The Morgan fingerprint density at radius 3 is 2.83 bits per heavy atom. The molecule has 4 nitrogen and oxygen atoms in total. The topological polar surface area (TPSA) is 59.3 Å². The molecule has 4 atom stereocenters. The second-order valence-corrected chi connectivity index (χ2v) is 5.32. The molecular formula is C14H21N3O. The molecule has 1 aliphatic heterocycles. The van der Waals surface area contributed by atoms with Crippen LogP contribution in [0.15, 0.2) is 30.3 Å². The van der Waals surface area contributed by atoms with E-state index in [-0.39, 0.29) is 6.17 Å². The molecule has 0 aromatic heterocycles. The molecule has 1 saturated heterocycles. The Labute approximate surface area is 108 Å². The summed E-state index contributed by atoms with van der Waals surface area (Å²) in [6.45, 7) is 0.711. The highest BCUT2D eigenvalue weighted by Gasteiger charge is 2.38. The summed E-state index contributed by atoms with van der Waals surface area (Å²) < 4.78 is 6.00. The Balaban J connectivity index is 1.50. The van der Waals surface area contributed by atoms with E-state index in [2.05, 4.69) is 35.1 Å². The Morgan fingerprint density at radius 2 is 2.00 bits per heavy atom. The molecule has 1 aliphatic carbocycles. The van der Waals surface area contributed by atoms with Crippen molar-refractivity contribution in [3.8, 4) is 0 Å². The van der Waals surface area contributed by atoms with Gasteiger partial charge >= 0.3 is 0 Å². The van der Waals surface area contributed by atoms with Gasteiger partial charge in [0.05, 0.1) is 18.9 Å². The van der Waals surface area contributed by atoms with Crippen molar-refractivity contribution in [3.63, 3.8) is 0 Å². The molecule has 2 aliphatic rings. The van der Waals surface area contributed by atoms with Crippen LogP contribution < -0.4 is 16.6 Å². The number of nitrogens with two attached hydrogens (primary N) is 1. The largest absolute Gasteiger partial charge is 0.373 e. The van der Waals surface area contributed by atoms with E-state index < -0.39 is 0 Å². The first kappa shape index (κ1) is 12.1. The maximum Gasteiger partial charge on any atom is 0.0723 e. The van der Waals surface area contributed by atoms with E-state index in [0.717, 1.165) is 19.3 Å². The lowest BCUT2D eigenvalue weighted by atomic mass is 9.83. The van der Waals surface area contributed by atoms with Gasteiger partial charge in [-0.05, 0) is 24.8 Å². The number of hydrogen-bond acceptors (Lipinski definition) is 4. The second kappa shape index (κ2) is 5.36. The first-order valence-corrected chi connectivity index (χ1v) is 6.75. The highest BCUT2D eigenvalue weighted by Crippen LogP contribution is 2.30. The Bertz CT molecular complexity index is 384. The monoisotopic (exact) mass is 247 g/mol. The van der Waals surface area contributed by atoms with Gasteiger partial charge in [0.1, 0.15) is 0 Å². The standard InChI is InChI=1S/C14H21N3O/c15-14-12-7-6-11(8-13(12)16-17-14)18-9-10-4-2-1-3-5-10/h1-5,11-14,16-17H,6-9,15H2. The molecule has 1 aromatic carbocycles. The number of benzene rings is 1. The van der Waals surface area contributed by atoms with Gasteiger partial charge in [-0.25, -0.2) is 5.43 Å². The van der Waals surface area contributed by atoms with Crippen LogP contribution in [0.3, 0.4) is 0 Å². The lowest BCUT2D eigenvalue weighted by Crippen LogP contribution is -2.40. The summed E-state index contributed by atoms with van der Waals surface area (Å²) in [6.07, 6.45) is 3.77. The number of nitrogens with one attached hydrogen (secondary N) is 2. The van der Waals surface area contributed by atoms with E-state index in [9.17, 15) is 0 Å². The van der Waals surface area contributed by atoms with Gasteiger partial charge in [-0.1, -0.05) is 30.3 Å². The Hall–Kier alpha value is -0.940. The number of ether oxygens (including phenoxy) is 1. The maximum atomic E-state index is 6.00. The van der Waals surface area contributed by atoms with Gasteiger partial charge in [0.15, 0.2) is 0 Å². The molecule has 18 heavy (non-hydrogen) atoms. The lowest BCUT2D eigenvalue weighted by molar-refractivity contribution is 0.000961. The van der Waals surface area contributed by atoms with Crippen LogP contribution in [-0.2, 0) is 11.3 Å². The predicted molar refractivity (Wildman–Crippen MR) is 70.4 cm³/mol. The zero-order chi connectivity index (χ0) is 12.4. The Morgan fingerprint density at radius 1 is 1.17 bits per heavy atom. The summed E-state index contributed by atoms with van der Waals surface area (Å²) in [5, 5.41) is 0. The quantitative estimate of drug-likeness (QED) is 0.749. The van der Waals surface area contributed by atoms with Crippen LogP contribution >= 0.6 is 0 Å². The molecule has 0 amide bonds. The molecule has 1 saturated carbocycles. The molecule has 1 aromatic rings. The molecule has 0 spiro atoms. The van der Waals surface area contributed by atoms with E-state index in [0.29, 0.717) is 24.7 Å². The van der Waals surface area contributed by atoms with Crippen LogP contribution in [0.2, 0.25) is 0 Å². The number of hydrogen-bond donors (Lipinski definition) is 3. The van der Waals surface area contributed by atoms with E-state index in [4.69, 9.17) is 10.5 Å². The SMILES string of the molecule is NC1NNC2CC(OCc3ccccc3)CCC12. The zero-order valence-electron chi connectivity index (χ0n) is 10.5. The molecule has 4 N–H and O–H groups in total. The second-order valence-electron chi connectivity index (χ2n) is 5.32. The summed E-state index contributed by atoms with van der Waals surface area (Å²) in [5.74, 6) is 0.557. The highest BCUT2D eigenvalue weighted by atomic mass is 16.5. The van der Waals surface area contributed by atoms with Gasteiger partial charge < -0.3 is 10.5 Å². The molecule has 1 heterocycles. The Kier molecular flexibility index (Phi) is 3.61. The normalized spacial score (nSPS) is 35.4. The fraction of sp³-hybridized carbons (Fsp3) is 0.571. The van der Waals surface area contributed by atoms with Crippen molar-refractivity contribution in [1.29, 1.82) is 0 Å². The highest BCUT2D eigenvalue weighted by molar-refractivity contribution is 5.13. The van der Waals surface area contributed by atoms with E-state index >= 15 is 0 Å². The van der Waals surface area contributed by atoms with Gasteiger partial charge in [-0.3, -0.25) is 5.43 Å². The van der Waals surface area contributed by atoms with Crippen molar-refractivity contribution in [2.45, 2.75) is 44.2 Å². The molecule has 2 fully saturated rings. The third-order valence-corrected chi connectivity index (χ3v) is 4.08. The third kappa shape index (κ3) is 2.57. The lowest BCUT2D eigenvalue weighted by Gasteiger charge is -2.31.